The zero-order valence-corrected chi connectivity index (χ0v) is 13.1. The Hall–Kier alpha value is -3.15. The molecule has 0 aliphatic rings. The molecule has 0 spiro atoms. The van der Waals surface area contributed by atoms with Crippen LogP contribution in [-0.2, 0) is 25.5 Å². The van der Waals surface area contributed by atoms with Crippen LogP contribution in [0.1, 0.15) is 12.5 Å². The van der Waals surface area contributed by atoms with Crippen LogP contribution in [0.4, 0.5) is 0 Å². The number of rotatable bonds is 6. The van der Waals surface area contributed by atoms with Crippen LogP contribution in [0.2, 0.25) is 0 Å². The molecule has 0 saturated carbocycles. The van der Waals surface area contributed by atoms with Crippen molar-refractivity contribution in [3.05, 3.63) is 60.2 Å². The Kier molecular flexibility index (Phi) is 6.08. The van der Waals surface area contributed by atoms with Gasteiger partial charge in [-0.1, -0.05) is 36.4 Å². The Morgan fingerprint density at radius 3 is 2.08 bits per heavy atom. The molecule has 0 aliphatic carbocycles. The van der Waals surface area contributed by atoms with Gasteiger partial charge in [0, 0.05) is 13.0 Å². The summed E-state index contributed by atoms with van der Waals surface area (Å²) in [6.07, 6.45) is 0.136. The SMILES string of the molecule is CC(=O)OCC(=O)Oc1cccc(OC(=O)Cc2ccccc2)c1. The summed E-state index contributed by atoms with van der Waals surface area (Å²) >= 11 is 0. The lowest BCUT2D eigenvalue weighted by molar-refractivity contribution is -0.152. The van der Waals surface area contributed by atoms with E-state index in [0.29, 0.717) is 0 Å². The molecule has 124 valence electrons. The molecule has 0 N–H and O–H groups in total. The van der Waals surface area contributed by atoms with Crippen molar-refractivity contribution in [3.8, 4) is 11.5 Å². The molecule has 6 nitrogen and oxygen atoms in total. The molecule has 6 heteroatoms. The van der Waals surface area contributed by atoms with Crippen molar-refractivity contribution in [1.29, 1.82) is 0 Å². The largest absolute Gasteiger partial charge is 0.454 e. The summed E-state index contributed by atoms with van der Waals surface area (Å²) in [6, 6.07) is 15.3. The van der Waals surface area contributed by atoms with Crippen LogP contribution in [0.3, 0.4) is 0 Å². The molecular formula is C18H16O6. The number of ether oxygens (including phenoxy) is 3. The fourth-order valence-electron chi connectivity index (χ4n) is 1.85. The first kappa shape index (κ1) is 17.2. The molecule has 2 aromatic carbocycles. The van der Waals surface area contributed by atoms with E-state index in [4.69, 9.17) is 9.47 Å². The van der Waals surface area contributed by atoms with Gasteiger partial charge in [0.05, 0.1) is 6.42 Å². The van der Waals surface area contributed by atoms with Gasteiger partial charge in [-0.15, -0.1) is 0 Å². The Morgan fingerprint density at radius 2 is 1.46 bits per heavy atom. The lowest BCUT2D eigenvalue weighted by atomic mass is 10.2. The van der Waals surface area contributed by atoms with Crippen molar-refractivity contribution in [1.82, 2.24) is 0 Å². The monoisotopic (exact) mass is 328 g/mol. The summed E-state index contributed by atoms with van der Waals surface area (Å²) in [6.45, 7) is 0.716. The van der Waals surface area contributed by atoms with Gasteiger partial charge < -0.3 is 14.2 Å². The van der Waals surface area contributed by atoms with Crippen molar-refractivity contribution in [2.45, 2.75) is 13.3 Å². The minimum Gasteiger partial charge on any atom is -0.454 e. The Balaban J connectivity index is 1.91. The van der Waals surface area contributed by atoms with Crippen LogP contribution in [0, 0.1) is 0 Å². The molecule has 0 aliphatic heterocycles. The van der Waals surface area contributed by atoms with Crippen LogP contribution in [0.15, 0.2) is 54.6 Å². The Bertz CT molecular complexity index is 723. The van der Waals surface area contributed by atoms with Crippen LogP contribution < -0.4 is 9.47 Å². The second-order valence-electron chi connectivity index (χ2n) is 4.87. The van der Waals surface area contributed by atoms with Gasteiger partial charge in [-0.05, 0) is 17.7 Å². The van der Waals surface area contributed by atoms with Gasteiger partial charge >= 0.3 is 17.9 Å². The lowest BCUT2D eigenvalue weighted by Gasteiger charge is -2.07. The molecule has 0 bridgehead atoms. The maximum Gasteiger partial charge on any atom is 0.349 e. The Labute approximate surface area is 139 Å². The molecule has 0 heterocycles. The van der Waals surface area contributed by atoms with E-state index in [9.17, 15) is 14.4 Å². The summed E-state index contributed by atoms with van der Waals surface area (Å²) in [5.41, 5.74) is 0.839. The fraction of sp³-hybridized carbons (Fsp3) is 0.167. The molecule has 2 aromatic rings. The quantitative estimate of drug-likeness (QED) is 0.598. The van der Waals surface area contributed by atoms with Gasteiger partial charge in [0.25, 0.3) is 0 Å². The summed E-state index contributed by atoms with van der Waals surface area (Å²) in [5.74, 6) is -1.27. The summed E-state index contributed by atoms with van der Waals surface area (Å²) in [4.78, 5) is 34.0. The van der Waals surface area contributed by atoms with E-state index in [2.05, 4.69) is 4.74 Å². The smallest absolute Gasteiger partial charge is 0.349 e. The molecular weight excluding hydrogens is 312 g/mol. The molecule has 0 radical (unpaired) electrons. The molecule has 0 amide bonds. The zero-order chi connectivity index (χ0) is 17.4. The second kappa shape index (κ2) is 8.47. The van der Waals surface area contributed by atoms with E-state index >= 15 is 0 Å². The van der Waals surface area contributed by atoms with Gasteiger partial charge in [0.1, 0.15) is 11.5 Å². The van der Waals surface area contributed by atoms with E-state index < -0.39 is 24.5 Å². The number of carbonyl (C=O) groups is 3. The topological polar surface area (TPSA) is 78.9 Å². The average Bonchev–Trinajstić information content (AvgIpc) is 2.54. The van der Waals surface area contributed by atoms with Gasteiger partial charge in [0.15, 0.2) is 6.61 Å². The van der Waals surface area contributed by atoms with Crippen molar-refractivity contribution in [2.24, 2.45) is 0 Å². The summed E-state index contributed by atoms with van der Waals surface area (Å²) < 4.78 is 14.8. The minimum atomic E-state index is -0.724. The van der Waals surface area contributed by atoms with Gasteiger partial charge in [-0.3, -0.25) is 9.59 Å². The standard InChI is InChI=1S/C18H16O6/c1-13(19)22-12-18(21)24-16-9-5-8-15(11-16)23-17(20)10-14-6-3-2-4-7-14/h2-9,11H,10,12H2,1H3. The molecule has 0 saturated heterocycles. The molecule has 0 fully saturated rings. The van der Waals surface area contributed by atoms with Crippen LogP contribution in [0.5, 0.6) is 11.5 Å². The van der Waals surface area contributed by atoms with E-state index in [0.717, 1.165) is 5.56 Å². The molecule has 0 unspecified atom stereocenters. The highest BCUT2D eigenvalue weighted by molar-refractivity contribution is 5.77. The van der Waals surface area contributed by atoms with Gasteiger partial charge in [-0.25, -0.2) is 4.79 Å². The highest BCUT2D eigenvalue weighted by atomic mass is 16.6. The van der Waals surface area contributed by atoms with Crippen molar-refractivity contribution in [3.63, 3.8) is 0 Å². The van der Waals surface area contributed by atoms with E-state index in [1.165, 1.54) is 19.1 Å². The van der Waals surface area contributed by atoms with Gasteiger partial charge in [-0.2, -0.15) is 0 Å². The van der Waals surface area contributed by atoms with Crippen molar-refractivity contribution >= 4 is 17.9 Å². The average molecular weight is 328 g/mol. The number of benzene rings is 2. The minimum absolute atomic E-state index is 0.136. The highest BCUT2D eigenvalue weighted by Crippen LogP contribution is 2.20. The predicted molar refractivity (Wildman–Crippen MR) is 84.5 cm³/mol. The predicted octanol–water partition coefficient (Wildman–Crippen LogP) is 2.30. The normalized spacial score (nSPS) is 9.88. The van der Waals surface area contributed by atoms with Crippen LogP contribution in [0.25, 0.3) is 0 Å². The number of carbonyl (C=O) groups excluding carboxylic acids is 3. The molecule has 0 atom stereocenters. The number of hydrogen-bond donors (Lipinski definition) is 0. The molecule has 24 heavy (non-hydrogen) atoms. The van der Waals surface area contributed by atoms with E-state index in [-0.39, 0.29) is 17.9 Å². The molecule has 0 aromatic heterocycles. The zero-order valence-electron chi connectivity index (χ0n) is 13.1. The first-order valence-electron chi connectivity index (χ1n) is 7.21. The number of esters is 3. The van der Waals surface area contributed by atoms with Crippen LogP contribution in [-0.4, -0.2) is 24.5 Å². The first-order valence-corrected chi connectivity index (χ1v) is 7.21. The third kappa shape index (κ3) is 5.92. The van der Waals surface area contributed by atoms with Gasteiger partial charge in [0.2, 0.25) is 0 Å². The fourth-order valence-corrected chi connectivity index (χ4v) is 1.85. The number of hydrogen-bond acceptors (Lipinski definition) is 6. The highest BCUT2D eigenvalue weighted by Gasteiger charge is 2.10. The molecule has 2 rings (SSSR count). The van der Waals surface area contributed by atoms with Crippen molar-refractivity contribution in [2.75, 3.05) is 6.61 Å². The van der Waals surface area contributed by atoms with E-state index in [1.54, 1.807) is 12.1 Å². The first-order chi connectivity index (χ1) is 11.5. The summed E-state index contributed by atoms with van der Waals surface area (Å²) in [5, 5.41) is 0. The maximum atomic E-state index is 11.9. The second-order valence-corrected chi connectivity index (χ2v) is 4.87. The lowest BCUT2D eigenvalue weighted by Crippen LogP contribution is -2.17. The summed E-state index contributed by atoms with van der Waals surface area (Å²) in [7, 11) is 0. The van der Waals surface area contributed by atoms with Crippen LogP contribution >= 0.6 is 0 Å². The Morgan fingerprint density at radius 1 is 0.833 bits per heavy atom. The van der Waals surface area contributed by atoms with E-state index in [1.807, 2.05) is 30.3 Å². The third-order valence-electron chi connectivity index (χ3n) is 2.85. The van der Waals surface area contributed by atoms with Crippen molar-refractivity contribution < 1.29 is 28.6 Å². The maximum absolute atomic E-state index is 11.9. The third-order valence-corrected chi connectivity index (χ3v) is 2.85.